The topological polar surface area (TPSA) is 70.7 Å². The van der Waals surface area contributed by atoms with E-state index in [-0.39, 0.29) is 5.91 Å². The van der Waals surface area contributed by atoms with Crippen LogP contribution in [0.3, 0.4) is 0 Å². The van der Waals surface area contributed by atoms with Gasteiger partial charge in [-0.05, 0) is 36.8 Å². The maximum absolute atomic E-state index is 12.1. The van der Waals surface area contributed by atoms with Crippen molar-refractivity contribution >= 4 is 17.2 Å². The van der Waals surface area contributed by atoms with Crippen molar-refractivity contribution in [1.82, 2.24) is 20.5 Å². The van der Waals surface area contributed by atoms with Gasteiger partial charge in [-0.25, -0.2) is 4.98 Å². The molecule has 1 aliphatic rings. The Balaban J connectivity index is 1.65. The molecule has 20 heavy (non-hydrogen) atoms. The Hall–Kier alpha value is -1.69. The smallest absolute Gasteiger partial charge is 0.261 e. The van der Waals surface area contributed by atoms with Gasteiger partial charge in [-0.2, -0.15) is 5.10 Å². The summed E-state index contributed by atoms with van der Waals surface area (Å²) in [5.74, 6) is 1.43. The summed E-state index contributed by atoms with van der Waals surface area (Å²) >= 11 is 1.63. The number of aryl methyl sites for hydroxylation is 1. The zero-order valence-electron chi connectivity index (χ0n) is 11.5. The van der Waals surface area contributed by atoms with Gasteiger partial charge in [0.25, 0.3) is 5.91 Å². The molecule has 1 atom stereocenters. The Morgan fingerprint density at radius 2 is 2.50 bits per heavy atom. The highest BCUT2D eigenvalue weighted by Gasteiger charge is 2.21. The molecule has 0 aliphatic heterocycles. The molecule has 2 aromatic rings. The number of hydrogen-bond donors (Lipinski definition) is 2. The summed E-state index contributed by atoms with van der Waals surface area (Å²) in [4.78, 5) is 18.3. The van der Waals surface area contributed by atoms with Gasteiger partial charge in [0.2, 0.25) is 0 Å². The Morgan fingerprint density at radius 3 is 3.25 bits per heavy atom. The zero-order chi connectivity index (χ0) is 13.9. The molecule has 0 saturated carbocycles. The number of fused-ring (bicyclic) bond motifs is 1. The number of rotatable bonds is 4. The Bertz CT molecular complexity index is 590. The summed E-state index contributed by atoms with van der Waals surface area (Å²) in [5.41, 5.74) is 1.37. The monoisotopic (exact) mass is 290 g/mol. The molecule has 0 fully saturated rings. The second kappa shape index (κ2) is 5.75. The number of carbonyl (C=O) groups excluding carboxylic acids is 1. The lowest BCUT2D eigenvalue weighted by Crippen LogP contribution is -2.22. The minimum Gasteiger partial charge on any atom is -0.344 e. The zero-order valence-corrected chi connectivity index (χ0v) is 12.3. The van der Waals surface area contributed by atoms with E-state index in [1.807, 2.05) is 0 Å². The minimum absolute atomic E-state index is 0.0196. The number of carbonyl (C=O) groups is 1. The fourth-order valence-electron chi connectivity index (χ4n) is 2.63. The van der Waals surface area contributed by atoms with E-state index in [0.717, 1.165) is 23.6 Å². The fourth-order valence-corrected chi connectivity index (χ4v) is 3.75. The molecule has 0 radical (unpaired) electrons. The van der Waals surface area contributed by atoms with Crippen molar-refractivity contribution in [2.45, 2.75) is 39.2 Å². The Morgan fingerprint density at radius 1 is 1.60 bits per heavy atom. The number of aromatic amines is 1. The van der Waals surface area contributed by atoms with Crippen molar-refractivity contribution < 1.29 is 4.79 Å². The summed E-state index contributed by atoms with van der Waals surface area (Å²) in [6.45, 7) is 2.63. The van der Waals surface area contributed by atoms with Gasteiger partial charge >= 0.3 is 0 Å². The third kappa shape index (κ3) is 2.75. The van der Waals surface area contributed by atoms with E-state index in [1.54, 1.807) is 11.3 Å². The van der Waals surface area contributed by atoms with E-state index in [9.17, 15) is 4.79 Å². The molecule has 0 bridgehead atoms. The number of nitrogens with zero attached hydrogens (tertiary/aromatic N) is 2. The average Bonchev–Trinajstić information content (AvgIpc) is 3.12. The molecule has 2 heterocycles. The first-order chi connectivity index (χ1) is 9.76. The van der Waals surface area contributed by atoms with E-state index in [2.05, 4.69) is 33.5 Å². The molecular weight excluding hydrogens is 272 g/mol. The van der Waals surface area contributed by atoms with Crippen LogP contribution in [0, 0.1) is 5.92 Å². The van der Waals surface area contributed by atoms with Crippen LogP contribution in [0.15, 0.2) is 12.4 Å². The largest absolute Gasteiger partial charge is 0.344 e. The van der Waals surface area contributed by atoms with E-state index in [4.69, 9.17) is 0 Å². The normalized spacial score (nSPS) is 17.8. The highest BCUT2D eigenvalue weighted by atomic mass is 32.1. The summed E-state index contributed by atoms with van der Waals surface area (Å²) in [7, 11) is 0. The molecular formula is C14H18N4OS. The Kier molecular flexibility index (Phi) is 3.82. The molecule has 2 aromatic heterocycles. The molecule has 106 valence electrons. The number of H-pyrrole nitrogens is 1. The van der Waals surface area contributed by atoms with Crippen LogP contribution in [-0.4, -0.2) is 21.1 Å². The molecule has 0 spiro atoms. The molecule has 3 rings (SSSR count). The molecule has 2 N–H and O–H groups in total. The molecule has 1 unspecified atom stereocenters. The van der Waals surface area contributed by atoms with Crippen LogP contribution < -0.4 is 5.32 Å². The number of thiophene rings is 1. The lowest BCUT2D eigenvalue weighted by Gasteiger charge is -2.19. The Labute approximate surface area is 121 Å². The van der Waals surface area contributed by atoms with Gasteiger partial charge in [-0.15, -0.1) is 11.3 Å². The second-order valence-corrected chi connectivity index (χ2v) is 6.33. The van der Waals surface area contributed by atoms with Crippen molar-refractivity contribution in [3.8, 4) is 0 Å². The van der Waals surface area contributed by atoms with Crippen LogP contribution in [0.5, 0.6) is 0 Å². The van der Waals surface area contributed by atoms with E-state index >= 15 is 0 Å². The van der Waals surface area contributed by atoms with Crippen molar-refractivity contribution in [3.63, 3.8) is 0 Å². The SMILES string of the molecule is CCC1CCc2sc(C(=O)NCc3ncn[nH]3)cc2C1. The van der Waals surface area contributed by atoms with Crippen LogP contribution in [0.4, 0.5) is 0 Å². The van der Waals surface area contributed by atoms with Gasteiger partial charge in [-0.3, -0.25) is 9.89 Å². The van der Waals surface area contributed by atoms with Crippen molar-refractivity contribution in [3.05, 3.63) is 33.5 Å². The van der Waals surface area contributed by atoms with Gasteiger partial charge in [-0.1, -0.05) is 13.3 Å². The fraction of sp³-hybridized carbons (Fsp3) is 0.500. The molecule has 6 heteroatoms. The van der Waals surface area contributed by atoms with Crippen molar-refractivity contribution in [2.75, 3.05) is 0 Å². The first-order valence-electron chi connectivity index (χ1n) is 7.00. The quantitative estimate of drug-likeness (QED) is 0.907. The predicted molar refractivity (Wildman–Crippen MR) is 77.7 cm³/mol. The molecule has 1 amide bonds. The number of hydrogen-bond acceptors (Lipinski definition) is 4. The second-order valence-electron chi connectivity index (χ2n) is 5.19. The van der Waals surface area contributed by atoms with Crippen LogP contribution in [0.25, 0.3) is 0 Å². The summed E-state index contributed by atoms with van der Waals surface area (Å²) in [6.07, 6.45) is 6.16. The van der Waals surface area contributed by atoms with Crippen LogP contribution in [0.1, 0.15) is 45.7 Å². The lowest BCUT2D eigenvalue weighted by molar-refractivity contribution is 0.0954. The average molecular weight is 290 g/mol. The van der Waals surface area contributed by atoms with Gasteiger partial charge in [0.05, 0.1) is 11.4 Å². The molecule has 0 saturated heterocycles. The van der Waals surface area contributed by atoms with Gasteiger partial charge in [0.15, 0.2) is 0 Å². The molecule has 1 aliphatic carbocycles. The van der Waals surface area contributed by atoms with Gasteiger partial charge in [0.1, 0.15) is 12.2 Å². The number of aromatic nitrogens is 3. The van der Waals surface area contributed by atoms with Crippen LogP contribution in [-0.2, 0) is 19.4 Å². The summed E-state index contributed by atoms with van der Waals surface area (Å²) in [6, 6.07) is 2.07. The van der Waals surface area contributed by atoms with E-state index < -0.39 is 0 Å². The third-order valence-electron chi connectivity index (χ3n) is 3.87. The first kappa shape index (κ1) is 13.3. The van der Waals surface area contributed by atoms with E-state index in [0.29, 0.717) is 12.4 Å². The highest BCUT2D eigenvalue weighted by molar-refractivity contribution is 7.14. The third-order valence-corrected chi connectivity index (χ3v) is 5.10. The lowest BCUT2D eigenvalue weighted by atomic mass is 9.87. The van der Waals surface area contributed by atoms with Crippen LogP contribution >= 0.6 is 11.3 Å². The van der Waals surface area contributed by atoms with Crippen molar-refractivity contribution in [1.29, 1.82) is 0 Å². The maximum Gasteiger partial charge on any atom is 0.261 e. The summed E-state index contributed by atoms with van der Waals surface area (Å²) < 4.78 is 0. The van der Waals surface area contributed by atoms with Crippen LogP contribution in [0.2, 0.25) is 0 Å². The predicted octanol–water partition coefficient (Wildman–Crippen LogP) is 2.31. The number of amides is 1. The van der Waals surface area contributed by atoms with E-state index in [1.165, 1.54) is 29.6 Å². The van der Waals surface area contributed by atoms with Crippen molar-refractivity contribution in [2.24, 2.45) is 5.92 Å². The standard InChI is InChI=1S/C14H18N4OS/c1-2-9-3-4-11-10(5-9)6-12(20-11)14(19)15-7-13-16-8-17-18-13/h6,8-9H,2-5,7H2,1H3,(H,15,19)(H,16,17,18). The minimum atomic E-state index is -0.0196. The molecule has 0 aromatic carbocycles. The summed E-state index contributed by atoms with van der Waals surface area (Å²) in [5, 5.41) is 9.37. The molecule has 5 nitrogen and oxygen atoms in total. The first-order valence-corrected chi connectivity index (χ1v) is 7.82. The number of nitrogens with one attached hydrogen (secondary N) is 2. The maximum atomic E-state index is 12.1. The van der Waals surface area contributed by atoms with Gasteiger partial charge < -0.3 is 5.32 Å². The highest BCUT2D eigenvalue weighted by Crippen LogP contribution is 2.33. The van der Waals surface area contributed by atoms with Gasteiger partial charge in [0, 0.05) is 4.88 Å².